The predicted molar refractivity (Wildman–Crippen MR) is 140 cm³/mol. The van der Waals surface area contributed by atoms with E-state index in [0.29, 0.717) is 54.6 Å². The van der Waals surface area contributed by atoms with E-state index in [1.807, 2.05) is 24.8 Å². The molecular formula is C25H27N5O4S2. The highest BCUT2D eigenvalue weighted by Gasteiger charge is 2.25. The van der Waals surface area contributed by atoms with Gasteiger partial charge >= 0.3 is 0 Å². The van der Waals surface area contributed by atoms with Crippen LogP contribution in [-0.2, 0) is 10.5 Å². The summed E-state index contributed by atoms with van der Waals surface area (Å²) in [6.45, 7) is 7.70. The molecule has 0 spiro atoms. The van der Waals surface area contributed by atoms with E-state index in [9.17, 15) is 19.2 Å². The topological polar surface area (TPSA) is 115 Å². The van der Waals surface area contributed by atoms with Crippen molar-refractivity contribution in [3.8, 4) is 0 Å². The molecule has 0 atom stereocenters. The van der Waals surface area contributed by atoms with E-state index < -0.39 is 0 Å². The number of amides is 3. The largest absolute Gasteiger partial charge is 0.348 e. The summed E-state index contributed by atoms with van der Waals surface area (Å²) in [7, 11) is 0. The Kier molecular flexibility index (Phi) is 7.90. The molecule has 1 aliphatic heterocycles. The number of aromatic nitrogens is 2. The van der Waals surface area contributed by atoms with Crippen LogP contribution in [0.2, 0.25) is 0 Å². The lowest BCUT2D eigenvalue weighted by Crippen LogP contribution is -2.50. The van der Waals surface area contributed by atoms with Crippen LogP contribution < -0.4 is 5.32 Å². The number of anilines is 1. The summed E-state index contributed by atoms with van der Waals surface area (Å²) >= 11 is 2.94. The monoisotopic (exact) mass is 525 g/mol. The molecule has 1 aromatic carbocycles. The third-order valence-corrected chi connectivity index (χ3v) is 8.31. The second-order valence-electron chi connectivity index (χ2n) is 8.56. The van der Waals surface area contributed by atoms with Crippen LogP contribution >= 0.6 is 23.1 Å². The number of H-pyrrole nitrogens is 1. The summed E-state index contributed by atoms with van der Waals surface area (Å²) in [4.78, 5) is 58.6. The Bertz CT molecular complexity index is 1310. The summed E-state index contributed by atoms with van der Waals surface area (Å²) in [5.41, 5.74) is 4.36. The number of carbonyl (C=O) groups excluding carboxylic acids is 4. The lowest BCUT2D eigenvalue weighted by molar-refractivity contribution is -0.130. The molecule has 1 aliphatic rings. The Morgan fingerprint density at radius 2 is 1.86 bits per heavy atom. The standard InChI is InChI=1S/C25H27N5O4S2/c1-15-10-18(11-20(16(15)2)24(34)30-8-6-29(7-9-30)17(3)32)14-35-22-12-26-25(36-22)28-23(33)21-5-4-19(13-31)27-21/h4-5,10-13,27H,6-9,14H2,1-3H3,(H,26,28,33). The molecule has 3 amide bonds. The zero-order valence-corrected chi connectivity index (χ0v) is 21.9. The van der Waals surface area contributed by atoms with Gasteiger partial charge < -0.3 is 14.8 Å². The van der Waals surface area contributed by atoms with Crippen molar-refractivity contribution in [3.05, 3.63) is 64.1 Å². The van der Waals surface area contributed by atoms with Crippen LogP contribution in [0.1, 0.15) is 54.9 Å². The van der Waals surface area contributed by atoms with Gasteiger partial charge in [0, 0.05) is 44.4 Å². The first-order chi connectivity index (χ1) is 17.2. The second kappa shape index (κ2) is 11.1. The highest BCUT2D eigenvalue weighted by Crippen LogP contribution is 2.32. The van der Waals surface area contributed by atoms with Gasteiger partial charge in [-0.15, -0.1) is 11.8 Å². The highest BCUT2D eigenvalue weighted by molar-refractivity contribution is 8.00. The summed E-state index contributed by atoms with van der Waals surface area (Å²) in [6, 6.07) is 7.13. The molecule has 1 saturated heterocycles. The lowest BCUT2D eigenvalue weighted by atomic mass is 9.99. The van der Waals surface area contributed by atoms with Gasteiger partial charge in [0.25, 0.3) is 11.8 Å². The number of carbonyl (C=O) groups is 4. The molecule has 0 radical (unpaired) electrons. The molecule has 0 bridgehead atoms. The Morgan fingerprint density at radius 3 is 2.53 bits per heavy atom. The smallest absolute Gasteiger partial charge is 0.273 e. The summed E-state index contributed by atoms with van der Waals surface area (Å²) in [6.07, 6.45) is 2.35. The third-order valence-electron chi connectivity index (χ3n) is 6.14. The van der Waals surface area contributed by atoms with E-state index in [-0.39, 0.29) is 23.4 Å². The fraction of sp³-hybridized carbons (Fsp3) is 0.320. The van der Waals surface area contributed by atoms with Gasteiger partial charge in [0.05, 0.1) is 16.1 Å². The molecule has 36 heavy (non-hydrogen) atoms. The molecule has 2 N–H and O–H groups in total. The Morgan fingerprint density at radius 1 is 1.14 bits per heavy atom. The van der Waals surface area contributed by atoms with Crippen LogP contribution in [0.5, 0.6) is 0 Å². The SMILES string of the molecule is CC(=O)N1CCN(C(=O)c2cc(CSc3cnc(NC(=O)c4ccc(C=O)[nH]4)s3)cc(C)c2C)CC1. The average molecular weight is 526 g/mol. The normalized spacial score (nSPS) is 13.5. The Balaban J connectivity index is 1.39. The van der Waals surface area contributed by atoms with Crippen molar-refractivity contribution in [2.24, 2.45) is 0 Å². The number of thioether (sulfide) groups is 1. The first kappa shape index (κ1) is 25.6. The maximum absolute atomic E-state index is 13.3. The second-order valence-corrected chi connectivity index (χ2v) is 10.9. The Labute approximate surface area is 217 Å². The maximum Gasteiger partial charge on any atom is 0.273 e. The molecule has 2 aromatic heterocycles. The van der Waals surface area contributed by atoms with Crippen molar-refractivity contribution in [3.63, 3.8) is 0 Å². The van der Waals surface area contributed by atoms with Gasteiger partial charge in [-0.2, -0.15) is 0 Å². The van der Waals surface area contributed by atoms with Crippen LogP contribution in [0.4, 0.5) is 5.13 Å². The number of aryl methyl sites for hydroxylation is 1. The average Bonchev–Trinajstić information content (AvgIpc) is 3.54. The molecule has 188 valence electrons. The van der Waals surface area contributed by atoms with Crippen LogP contribution in [-0.4, -0.2) is 70.0 Å². The fourth-order valence-electron chi connectivity index (χ4n) is 3.95. The fourth-order valence-corrected chi connectivity index (χ4v) is 5.75. The number of benzene rings is 1. The number of hydrogen-bond acceptors (Lipinski definition) is 7. The van der Waals surface area contributed by atoms with Crippen LogP contribution in [0.15, 0.2) is 34.7 Å². The number of nitrogens with zero attached hydrogens (tertiary/aromatic N) is 3. The number of piperazine rings is 1. The van der Waals surface area contributed by atoms with Gasteiger partial charge in [0.1, 0.15) is 5.69 Å². The van der Waals surface area contributed by atoms with E-state index >= 15 is 0 Å². The van der Waals surface area contributed by atoms with Crippen molar-refractivity contribution in [1.29, 1.82) is 0 Å². The molecule has 0 aliphatic carbocycles. The van der Waals surface area contributed by atoms with Crippen molar-refractivity contribution in [1.82, 2.24) is 19.8 Å². The van der Waals surface area contributed by atoms with E-state index in [2.05, 4.69) is 21.4 Å². The van der Waals surface area contributed by atoms with Gasteiger partial charge in [0.15, 0.2) is 11.4 Å². The van der Waals surface area contributed by atoms with Crippen LogP contribution in [0.25, 0.3) is 0 Å². The summed E-state index contributed by atoms with van der Waals surface area (Å²) < 4.78 is 0.928. The van der Waals surface area contributed by atoms with Crippen molar-refractivity contribution in [2.75, 3.05) is 31.5 Å². The predicted octanol–water partition coefficient (Wildman–Crippen LogP) is 3.75. The number of aromatic amines is 1. The summed E-state index contributed by atoms with van der Waals surface area (Å²) in [5.74, 6) is 0.315. The summed E-state index contributed by atoms with van der Waals surface area (Å²) in [5, 5.41) is 3.20. The molecule has 11 heteroatoms. The number of nitrogens with one attached hydrogen (secondary N) is 2. The van der Waals surface area contributed by atoms with Crippen LogP contribution in [0.3, 0.4) is 0 Å². The Hall–Kier alpha value is -3.44. The minimum absolute atomic E-state index is 0.00417. The number of aldehydes is 1. The van der Waals surface area contributed by atoms with Crippen molar-refractivity contribution >= 4 is 52.2 Å². The van der Waals surface area contributed by atoms with Gasteiger partial charge in [0.2, 0.25) is 5.91 Å². The van der Waals surface area contributed by atoms with Gasteiger partial charge in [-0.05, 0) is 48.7 Å². The van der Waals surface area contributed by atoms with Crippen molar-refractivity contribution in [2.45, 2.75) is 30.7 Å². The van der Waals surface area contributed by atoms with E-state index in [1.54, 1.807) is 41.9 Å². The first-order valence-electron chi connectivity index (χ1n) is 11.4. The zero-order chi connectivity index (χ0) is 25.8. The van der Waals surface area contributed by atoms with Gasteiger partial charge in [-0.25, -0.2) is 4.98 Å². The molecule has 3 aromatic rings. The highest BCUT2D eigenvalue weighted by atomic mass is 32.2. The first-order valence-corrected chi connectivity index (χ1v) is 13.2. The number of rotatable bonds is 7. The van der Waals surface area contributed by atoms with Gasteiger partial charge in [-0.1, -0.05) is 17.4 Å². The molecular weight excluding hydrogens is 498 g/mol. The van der Waals surface area contributed by atoms with E-state index in [1.165, 1.54) is 11.3 Å². The molecule has 0 saturated carbocycles. The third kappa shape index (κ3) is 5.85. The lowest BCUT2D eigenvalue weighted by Gasteiger charge is -2.34. The molecule has 3 heterocycles. The molecule has 1 fully saturated rings. The zero-order valence-electron chi connectivity index (χ0n) is 20.3. The maximum atomic E-state index is 13.3. The number of hydrogen-bond donors (Lipinski definition) is 2. The van der Waals surface area contributed by atoms with Crippen molar-refractivity contribution < 1.29 is 19.2 Å². The minimum Gasteiger partial charge on any atom is -0.348 e. The molecule has 4 rings (SSSR count). The molecule has 9 nitrogen and oxygen atoms in total. The number of thiazole rings is 1. The molecule has 0 unspecified atom stereocenters. The van der Waals surface area contributed by atoms with E-state index in [4.69, 9.17) is 0 Å². The quantitative estimate of drug-likeness (QED) is 0.359. The van der Waals surface area contributed by atoms with E-state index in [0.717, 1.165) is 20.9 Å². The van der Waals surface area contributed by atoms with Gasteiger partial charge in [-0.3, -0.25) is 24.5 Å². The minimum atomic E-state index is -0.365. The van der Waals surface area contributed by atoms with Crippen LogP contribution in [0, 0.1) is 13.8 Å².